The Hall–Kier alpha value is -0.930. The van der Waals surface area contributed by atoms with Crippen molar-refractivity contribution in [2.24, 2.45) is 0 Å². The molecule has 0 aliphatic carbocycles. The van der Waals surface area contributed by atoms with Gasteiger partial charge >= 0.3 is 5.97 Å². The van der Waals surface area contributed by atoms with E-state index in [1.807, 2.05) is 0 Å². The number of ether oxygens (including phenoxy) is 11. The summed E-state index contributed by atoms with van der Waals surface area (Å²) in [7, 11) is 1.64. The molecule has 12 heteroatoms. The van der Waals surface area contributed by atoms with E-state index in [-0.39, 0.29) is 12.6 Å². The van der Waals surface area contributed by atoms with Crippen molar-refractivity contribution >= 4 is 5.97 Å². The number of hydrogen-bond donors (Lipinski definition) is 0. The Morgan fingerprint density at radius 2 is 0.692 bits per heavy atom. The van der Waals surface area contributed by atoms with Crippen molar-refractivity contribution in [1.29, 1.82) is 0 Å². The van der Waals surface area contributed by atoms with Gasteiger partial charge in [0.2, 0.25) is 0 Å². The minimum absolute atomic E-state index is 0.158. The van der Waals surface area contributed by atoms with Crippen molar-refractivity contribution in [2.75, 3.05) is 139 Å². The standard InChI is InChI=1S/C27H54O12/c1-3-4-5-6-27(28)39-26-25-38-24-23-37-22-21-36-20-19-35-18-17-34-16-15-33-14-13-32-12-11-31-10-9-30-8-7-29-2/h3-26H2,1-2H3. The molecule has 0 spiro atoms. The Morgan fingerprint density at radius 3 is 0.974 bits per heavy atom. The zero-order valence-electron chi connectivity index (χ0n) is 24.4. The second-order valence-electron chi connectivity index (χ2n) is 8.18. The molecule has 12 nitrogen and oxygen atoms in total. The van der Waals surface area contributed by atoms with Crippen LogP contribution >= 0.6 is 0 Å². The van der Waals surface area contributed by atoms with E-state index in [4.69, 9.17) is 52.1 Å². The predicted molar refractivity (Wildman–Crippen MR) is 144 cm³/mol. The first-order chi connectivity index (χ1) is 19.3. The molecule has 0 heterocycles. The van der Waals surface area contributed by atoms with Gasteiger partial charge in [0.15, 0.2) is 0 Å². The number of esters is 1. The maximum Gasteiger partial charge on any atom is 0.305 e. The third-order valence-electron chi connectivity index (χ3n) is 4.88. The van der Waals surface area contributed by atoms with E-state index in [1.165, 1.54) is 0 Å². The lowest BCUT2D eigenvalue weighted by Crippen LogP contribution is -2.15. The van der Waals surface area contributed by atoms with E-state index in [1.54, 1.807) is 7.11 Å². The molecule has 0 saturated carbocycles. The van der Waals surface area contributed by atoms with Gasteiger partial charge in [0.05, 0.1) is 126 Å². The fourth-order valence-corrected chi connectivity index (χ4v) is 2.81. The fraction of sp³-hybridized carbons (Fsp3) is 0.963. The molecule has 0 amide bonds. The van der Waals surface area contributed by atoms with Crippen molar-refractivity contribution in [3.8, 4) is 0 Å². The summed E-state index contributed by atoms with van der Waals surface area (Å²) in [5, 5.41) is 0. The average Bonchev–Trinajstić information content (AvgIpc) is 2.94. The van der Waals surface area contributed by atoms with Gasteiger partial charge in [0.25, 0.3) is 0 Å². The molecule has 0 aromatic rings. The van der Waals surface area contributed by atoms with Crippen molar-refractivity contribution < 1.29 is 56.9 Å². The third-order valence-corrected chi connectivity index (χ3v) is 4.88. The Balaban J connectivity index is 3.06. The van der Waals surface area contributed by atoms with Crippen LogP contribution in [0.1, 0.15) is 32.6 Å². The van der Waals surface area contributed by atoms with Crippen LogP contribution < -0.4 is 0 Å². The number of methoxy groups -OCH3 is 1. The van der Waals surface area contributed by atoms with Crippen molar-refractivity contribution in [3.63, 3.8) is 0 Å². The van der Waals surface area contributed by atoms with Crippen LogP contribution in [0, 0.1) is 0 Å². The SMILES string of the molecule is CCCCCC(=O)OCCOCCOCCOCCOCCOCCOCCOCCOCCOCCOC. The maximum atomic E-state index is 11.4. The first kappa shape index (κ1) is 38.1. The van der Waals surface area contributed by atoms with Gasteiger partial charge in [0.1, 0.15) is 6.61 Å². The van der Waals surface area contributed by atoms with E-state index < -0.39 is 0 Å². The lowest BCUT2D eigenvalue weighted by molar-refractivity contribution is -0.145. The molecule has 0 aromatic carbocycles. The summed E-state index contributed by atoms with van der Waals surface area (Å²) in [6.07, 6.45) is 3.50. The van der Waals surface area contributed by atoms with Crippen LogP contribution in [0.2, 0.25) is 0 Å². The van der Waals surface area contributed by atoms with Gasteiger partial charge in [-0.25, -0.2) is 0 Å². The minimum atomic E-state index is -0.158. The van der Waals surface area contributed by atoms with E-state index in [9.17, 15) is 4.79 Å². The summed E-state index contributed by atoms with van der Waals surface area (Å²) in [6.45, 7) is 12.1. The smallest absolute Gasteiger partial charge is 0.305 e. The first-order valence-electron chi connectivity index (χ1n) is 14.2. The molecule has 39 heavy (non-hydrogen) atoms. The molecular weight excluding hydrogens is 516 g/mol. The Morgan fingerprint density at radius 1 is 0.410 bits per heavy atom. The average molecular weight is 571 g/mol. The fourth-order valence-electron chi connectivity index (χ4n) is 2.81. The van der Waals surface area contributed by atoms with E-state index >= 15 is 0 Å². The van der Waals surface area contributed by atoms with Crippen LogP contribution in [0.25, 0.3) is 0 Å². The highest BCUT2D eigenvalue weighted by molar-refractivity contribution is 5.69. The van der Waals surface area contributed by atoms with E-state index in [0.29, 0.717) is 132 Å². The molecule has 0 fully saturated rings. The second kappa shape index (κ2) is 35.1. The summed E-state index contributed by atoms with van der Waals surface area (Å²) in [4.78, 5) is 11.4. The quantitative estimate of drug-likeness (QED) is 0.0830. The topological polar surface area (TPSA) is 119 Å². The number of rotatable bonds is 34. The Kier molecular flexibility index (Phi) is 34.3. The van der Waals surface area contributed by atoms with Crippen LogP contribution in [-0.2, 0) is 56.9 Å². The molecule has 0 bridgehead atoms. The molecular formula is C27H54O12. The second-order valence-corrected chi connectivity index (χ2v) is 8.18. The van der Waals surface area contributed by atoms with Gasteiger partial charge in [-0.05, 0) is 6.42 Å². The number of unbranched alkanes of at least 4 members (excludes halogenated alkanes) is 2. The van der Waals surface area contributed by atoms with Gasteiger partial charge < -0.3 is 52.1 Å². The summed E-state index contributed by atoms with van der Waals surface area (Å²) in [6, 6.07) is 0. The molecule has 234 valence electrons. The largest absolute Gasteiger partial charge is 0.463 e. The van der Waals surface area contributed by atoms with Crippen LogP contribution in [0.3, 0.4) is 0 Å². The van der Waals surface area contributed by atoms with Crippen LogP contribution in [-0.4, -0.2) is 145 Å². The Labute approximate surface area is 235 Å². The summed E-state index contributed by atoms with van der Waals surface area (Å²) in [5.41, 5.74) is 0. The zero-order chi connectivity index (χ0) is 28.3. The van der Waals surface area contributed by atoms with Crippen molar-refractivity contribution in [3.05, 3.63) is 0 Å². The number of carbonyl (C=O) groups excluding carboxylic acids is 1. The van der Waals surface area contributed by atoms with E-state index in [0.717, 1.165) is 19.3 Å². The molecule has 0 aliphatic rings. The van der Waals surface area contributed by atoms with Crippen LogP contribution in [0.15, 0.2) is 0 Å². The summed E-state index contributed by atoms with van der Waals surface area (Å²) >= 11 is 0. The zero-order valence-corrected chi connectivity index (χ0v) is 24.4. The summed E-state index contributed by atoms with van der Waals surface area (Å²) in [5.74, 6) is -0.158. The molecule has 0 aliphatic heterocycles. The van der Waals surface area contributed by atoms with Crippen molar-refractivity contribution in [1.82, 2.24) is 0 Å². The Bertz CT molecular complexity index is 470. The molecule has 0 rings (SSSR count). The highest BCUT2D eigenvalue weighted by Crippen LogP contribution is 2.00. The van der Waals surface area contributed by atoms with Gasteiger partial charge in [-0.15, -0.1) is 0 Å². The lowest BCUT2D eigenvalue weighted by atomic mass is 10.2. The molecule has 0 atom stereocenters. The first-order valence-corrected chi connectivity index (χ1v) is 14.2. The molecule has 0 unspecified atom stereocenters. The molecule has 0 aromatic heterocycles. The maximum absolute atomic E-state index is 11.4. The van der Waals surface area contributed by atoms with Gasteiger partial charge in [-0.2, -0.15) is 0 Å². The number of carbonyl (C=O) groups is 1. The van der Waals surface area contributed by atoms with E-state index in [2.05, 4.69) is 6.92 Å². The van der Waals surface area contributed by atoms with Crippen LogP contribution in [0.5, 0.6) is 0 Å². The third kappa shape index (κ3) is 35.0. The summed E-state index contributed by atoms with van der Waals surface area (Å²) < 4.78 is 58.6. The monoisotopic (exact) mass is 570 g/mol. The normalized spacial score (nSPS) is 11.3. The number of hydrogen-bond acceptors (Lipinski definition) is 12. The lowest BCUT2D eigenvalue weighted by Gasteiger charge is -2.09. The minimum Gasteiger partial charge on any atom is -0.463 e. The molecule has 0 saturated heterocycles. The van der Waals surface area contributed by atoms with Gasteiger partial charge in [-0.3, -0.25) is 4.79 Å². The van der Waals surface area contributed by atoms with Crippen LogP contribution in [0.4, 0.5) is 0 Å². The highest BCUT2D eigenvalue weighted by atomic mass is 16.6. The molecule has 0 N–H and O–H groups in total. The predicted octanol–water partition coefficient (Wildman–Crippen LogP) is 1.91. The molecule has 0 radical (unpaired) electrons. The highest BCUT2D eigenvalue weighted by Gasteiger charge is 2.01. The van der Waals surface area contributed by atoms with Gasteiger partial charge in [0, 0.05) is 13.5 Å². The van der Waals surface area contributed by atoms with Crippen molar-refractivity contribution in [2.45, 2.75) is 32.6 Å². The van der Waals surface area contributed by atoms with Gasteiger partial charge in [-0.1, -0.05) is 19.8 Å².